The minimum Gasteiger partial charge on any atom is -0.491 e. The lowest BCUT2D eigenvalue weighted by Crippen LogP contribution is -2.67. The molecule has 2 bridgehead atoms. The Hall–Kier alpha value is -4.12. The van der Waals surface area contributed by atoms with Gasteiger partial charge in [-0.2, -0.15) is 0 Å². The SMILES string of the molecule is CCOc1ccc(Cc2cc([C@]34OC[C@](OC)(O3)[C@@H](OCc3ccccc3)[C@H](OCc3ccccc3)[C@H]4OCc3ccccc3)ccc2Cl)cc1F. The van der Waals surface area contributed by atoms with Crippen LogP contribution in [0.1, 0.15) is 40.3 Å². The zero-order valence-corrected chi connectivity index (χ0v) is 30.0. The average molecular weight is 725 g/mol. The van der Waals surface area contributed by atoms with E-state index in [2.05, 4.69) is 0 Å². The number of rotatable bonds is 15. The molecule has 2 fully saturated rings. The zero-order chi connectivity index (χ0) is 36.0. The number of ether oxygens (including phenoxy) is 7. The van der Waals surface area contributed by atoms with Crippen molar-refractivity contribution in [3.8, 4) is 5.75 Å². The molecule has 52 heavy (non-hydrogen) atoms. The van der Waals surface area contributed by atoms with Crippen LogP contribution < -0.4 is 4.74 Å². The van der Waals surface area contributed by atoms with Crippen molar-refractivity contribution in [2.75, 3.05) is 20.3 Å². The number of benzene rings is 5. The van der Waals surface area contributed by atoms with Crippen LogP contribution >= 0.6 is 11.6 Å². The van der Waals surface area contributed by atoms with Gasteiger partial charge in [0.2, 0.25) is 11.6 Å². The van der Waals surface area contributed by atoms with Crippen LogP contribution in [-0.4, -0.2) is 44.4 Å². The van der Waals surface area contributed by atoms with Crippen LogP contribution in [0, 0.1) is 5.82 Å². The van der Waals surface area contributed by atoms with Gasteiger partial charge in [0.1, 0.15) is 24.9 Å². The highest BCUT2D eigenvalue weighted by atomic mass is 35.5. The lowest BCUT2D eigenvalue weighted by atomic mass is 9.86. The molecule has 0 radical (unpaired) electrons. The van der Waals surface area contributed by atoms with Gasteiger partial charge < -0.3 is 33.2 Å². The van der Waals surface area contributed by atoms with Crippen LogP contribution in [0.2, 0.25) is 5.02 Å². The van der Waals surface area contributed by atoms with Crippen molar-refractivity contribution < 1.29 is 37.5 Å². The van der Waals surface area contributed by atoms with Crippen molar-refractivity contribution in [2.24, 2.45) is 0 Å². The first-order valence-electron chi connectivity index (χ1n) is 17.5. The minimum atomic E-state index is -1.48. The predicted molar refractivity (Wildman–Crippen MR) is 195 cm³/mol. The van der Waals surface area contributed by atoms with E-state index in [9.17, 15) is 4.39 Å². The van der Waals surface area contributed by atoms with Gasteiger partial charge in [0.05, 0.1) is 26.4 Å². The molecule has 5 aromatic rings. The first kappa shape index (κ1) is 36.2. The number of fused-ring (bicyclic) bond motifs is 2. The summed E-state index contributed by atoms with van der Waals surface area (Å²) in [7, 11) is 1.59. The topological polar surface area (TPSA) is 64.6 Å². The second kappa shape index (κ2) is 16.3. The van der Waals surface area contributed by atoms with Crippen molar-refractivity contribution in [1.29, 1.82) is 0 Å². The Morgan fingerprint density at radius 1 is 0.712 bits per heavy atom. The van der Waals surface area contributed by atoms with Gasteiger partial charge >= 0.3 is 0 Å². The van der Waals surface area contributed by atoms with Crippen molar-refractivity contribution in [3.63, 3.8) is 0 Å². The molecule has 7 nitrogen and oxygen atoms in total. The second-order valence-corrected chi connectivity index (χ2v) is 13.4. The molecule has 2 aliphatic rings. The lowest BCUT2D eigenvalue weighted by Gasteiger charge is -2.50. The number of halogens is 2. The van der Waals surface area contributed by atoms with Gasteiger partial charge in [-0.15, -0.1) is 0 Å². The zero-order valence-electron chi connectivity index (χ0n) is 29.2. The molecule has 0 aromatic heterocycles. The fourth-order valence-corrected chi connectivity index (χ4v) is 7.10. The quantitative estimate of drug-likeness (QED) is 0.107. The smallest absolute Gasteiger partial charge is 0.227 e. The molecule has 2 saturated heterocycles. The maximum atomic E-state index is 14.9. The highest BCUT2D eigenvalue weighted by molar-refractivity contribution is 6.31. The van der Waals surface area contributed by atoms with Crippen LogP contribution in [0.4, 0.5) is 4.39 Å². The summed E-state index contributed by atoms with van der Waals surface area (Å²) in [5.74, 6) is -3.05. The lowest BCUT2D eigenvalue weighted by molar-refractivity contribution is -0.393. The third kappa shape index (κ3) is 7.65. The Bertz CT molecular complexity index is 1910. The van der Waals surface area contributed by atoms with E-state index in [1.165, 1.54) is 6.07 Å². The summed E-state index contributed by atoms with van der Waals surface area (Å²) in [6.07, 6.45) is -1.95. The van der Waals surface area contributed by atoms with Crippen molar-refractivity contribution >= 4 is 11.6 Å². The fourth-order valence-electron chi connectivity index (χ4n) is 6.91. The van der Waals surface area contributed by atoms with E-state index in [0.717, 1.165) is 27.8 Å². The molecule has 0 unspecified atom stereocenters. The van der Waals surface area contributed by atoms with Gasteiger partial charge in [0.15, 0.2) is 11.6 Å². The number of methoxy groups -OCH3 is 1. The van der Waals surface area contributed by atoms with Gasteiger partial charge in [-0.05, 0) is 65.4 Å². The molecule has 2 heterocycles. The minimum absolute atomic E-state index is 0.0431. The van der Waals surface area contributed by atoms with Gasteiger partial charge in [0, 0.05) is 17.7 Å². The normalized spacial score (nSPS) is 23.8. The van der Waals surface area contributed by atoms with Crippen LogP contribution in [0.15, 0.2) is 127 Å². The Kier molecular flexibility index (Phi) is 11.3. The van der Waals surface area contributed by atoms with Gasteiger partial charge in [-0.1, -0.05) is 115 Å². The number of hydrogen-bond donors (Lipinski definition) is 0. The predicted octanol–water partition coefficient (Wildman–Crippen LogP) is 8.78. The van der Waals surface area contributed by atoms with Crippen LogP contribution in [0.25, 0.3) is 0 Å². The average Bonchev–Trinajstić information content (AvgIpc) is 3.54. The maximum absolute atomic E-state index is 14.9. The molecule has 5 atom stereocenters. The van der Waals surface area contributed by atoms with E-state index >= 15 is 0 Å². The summed E-state index contributed by atoms with van der Waals surface area (Å²) < 4.78 is 60.7. The Morgan fingerprint density at radius 3 is 1.88 bits per heavy atom. The molecule has 5 aromatic carbocycles. The third-order valence-corrected chi connectivity index (χ3v) is 9.90. The summed E-state index contributed by atoms with van der Waals surface area (Å²) in [5, 5.41) is 0.518. The first-order valence-corrected chi connectivity index (χ1v) is 17.9. The largest absolute Gasteiger partial charge is 0.491 e. The molecule has 0 amide bonds. The molecule has 0 aliphatic carbocycles. The number of hydrogen-bond acceptors (Lipinski definition) is 7. The summed E-state index contributed by atoms with van der Waals surface area (Å²) in [5.41, 5.74) is 5.09. The second-order valence-electron chi connectivity index (χ2n) is 13.0. The maximum Gasteiger partial charge on any atom is 0.227 e. The van der Waals surface area contributed by atoms with Crippen molar-refractivity contribution in [3.05, 3.63) is 172 Å². The van der Waals surface area contributed by atoms with Crippen LogP contribution in [0.5, 0.6) is 5.75 Å². The van der Waals surface area contributed by atoms with Gasteiger partial charge in [-0.25, -0.2) is 4.39 Å². The molecule has 0 saturated carbocycles. The van der Waals surface area contributed by atoms with Crippen molar-refractivity contribution in [2.45, 2.75) is 63.1 Å². The van der Waals surface area contributed by atoms with Crippen molar-refractivity contribution in [1.82, 2.24) is 0 Å². The van der Waals surface area contributed by atoms with Gasteiger partial charge in [-0.3, -0.25) is 0 Å². The van der Waals surface area contributed by atoms with E-state index in [4.69, 9.17) is 44.8 Å². The molecule has 0 spiro atoms. The third-order valence-electron chi connectivity index (χ3n) is 9.53. The summed E-state index contributed by atoms with van der Waals surface area (Å²) >= 11 is 6.81. The van der Waals surface area contributed by atoms with E-state index in [1.54, 1.807) is 19.2 Å². The first-order chi connectivity index (χ1) is 25.4. The van der Waals surface area contributed by atoms with Crippen LogP contribution in [-0.2, 0) is 60.4 Å². The standard InChI is InChI=1S/C43H42ClFO7/c1-3-47-38-22-19-33(24-37(38)45)23-34-25-35(20-21-36(34)44)43-41(50-28-32-17-11-6-12-18-32)39(48-26-30-13-7-4-8-14-30)40(42(46-2,52-43)29-51-43)49-27-31-15-9-5-10-16-31/h4-22,24-25,39-41H,3,23,26-29H2,1-2H3/t39-,40-,41+,42-,43-/m0/s1. The summed E-state index contributed by atoms with van der Waals surface area (Å²) in [6.45, 7) is 3.06. The molecule has 0 N–H and O–H groups in total. The molecular weight excluding hydrogens is 683 g/mol. The summed E-state index contributed by atoms with van der Waals surface area (Å²) in [4.78, 5) is 0. The fraction of sp³-hybridized carbons (Fsp3) is 0.302. The van der Waals surface area contributed by atoms with Gasteiger partial charge in [0.25, 0.3) is 0 Å². The molecule has 9 heteroatoms. The monoisotopic (exact) mass is 724 g/mol. The molecule has 7 rings (SSSR count). The highest BCUT2D eigenvalue weighted by Crippen LogP contribution is 2.53. The summed E-state index contributed by atoms with van der Waals surface area (Å²) in [6, 6.07) is 40.3. The molecule has 2 aliphatic heterocycles. The van der Waals surface area contributed by atoms with E-state index in [0.29, 0.717) is 23.6 Å². The Labute approximate surface area is 309 Å². The van der Waals surface area contributed by atoms with E-state index in [-0.39, 0.29) is 32.2 Å². The Balaban J connectivity index is 1.29. The highest BCUT2D eigenvalue weighted by Gasteiger charge is 2.70. The van der Waals surface area contributed by atoms with E-state index in [1.807, 2.05) is 116 Å². The Morgan fingerprint density at radius 2 is 1.31 bits per heavy atom. The molecular formula is C43H42ClFO7. The van der Waals surface area contributed by atoms with E-state index < -0.39 is 35.7 Å². The molecule has 270 valence electrons. The van der Waals surface area contributed by atoms with Crippen LogP contribution in [0.3, 0.4) is 0 Å².